The second kappa shape index (κ2) is 7.04. The van der Waals surface area contributed by atoms with Crippen LogP contribution in [0.5, 0.6) is 0 Å². The molecule has 1 aromatic carbocycles. The number of hydrogen-bond acceptors (Lipinski definition) is 3. The van der Waals surface area contributed by atoms with Crippen LogP contribution in [0.25, 0.3) is 0 Å². The number of nitrogens with zero attached hydrogens (tertiary/aromatic N) is 2. The van der Waals surface area contributed by atoms with E-state index in [1.807, 2.05) is 19.2 Å². The first kappa shape index (κ1) is 15.3. The molecule has 1 aliphatic rings. The zero-order valence-electron chi connectivity index (χ0n) is 12.8. The lowest BCUT2D eigenvalue weighted by Gasteiger charge is -2.41. The summed E-state index contributed by atoms with van der Waals surface area (Å²) in [7, 11) is 2.02. The number of anilines is 1. The van der Waals surface area contributed by atoms with Crippen LogP contribution in [-0.2, 0) is 0 Å². The Bertz CT molecular complexity index is 397. The summed E-state index contributed by atoms with van der Waals surface area (Å²) in [4.78, 5) is 4.91. The van der Waals surface area contributed by atoms with E-state index in [4.69, 9.17) is 0 Å². The van der Waals surface area contributed by atoms with Crippen LogP contribution in [0.4, 0.5) is 10.1 Å². The maximum Gasteiger partial charge on any atom is 0.123 e. The number of rotatable bonds is 5. The molecule has 1 atom stereocenters. The smallest absolute Gasteiger partial charge is 0.123 e. The van der Waals surface area contributed by atoms with Gasteiger partial charge in [0.15, 0.2) is 0 Å². The lowest BCUT2D eigenvalue weighted by atomic mass is 10.0. The maximum atomic E-state index is 13.0. The van der Waals surface area contributed by atoms with Crippen molar-refractivity contribution in [3.63, 3.8) is 0 Å². The third-order valence-corrected chi connectivity index (χ3v) is 4.16. The van der Waals surface area contributed by atoms with Gasteiger partial charge in [0, 0.05) is 44.5 Å². The normalized spacial score (nSPS) is 18.6. The third-order valence-electron chi connectivity index (χ3n) is 4.16. The zero-order valence-corrected chi connectivity index (χ0v) is 12.8. The van der Waals surface area contributed by atoms with Gasteiger partial charge in [0.2, 0.25) is 0 Å². The van der Waals surface area contributed by atoms with E-state index in [0.717, 1.165) is 38.4 Å². The predicted octanol–water partition coefficient (Wildman–Crippen LogP) is 2.19. The fraction of sp³-hybridized carbons (Fsp3) is 0.625. The fourth-order valence-corrected chi connectivity index (χ4v) is 2.96. The average molecular weight is 279 g/mol. The molecular formula is C16H26FN3. The van der Waals surface area contributed by atoms with E-state index in [2.05, 4.69) is 29.0 Å². The molecule has 0 aliphatic carbocycles. The van der Waals surface area contributed by atoms with Gasteiger partial charge < -0.3 is 10.2 Å². The number of piperazine rings is 1. The van der Waals surface area contributed by atoms with Crippen molar-refractivity contribution in [3.05, 3.63) is 30.1 Å². The van der Waals surface area contributed by atoms with Crippen molar-refractivity contribution in [2.45, 2.75) is 19.9 Å². The molecule has 0 amide bonds. The minimum atomic E-state index is -0.165. The van der Waals surface area contributed by atoms with Crippen LogP contribution in [0.2, 0.25) is 0 Å². The monoisotopic (exact) mass is 279 g/mol. The van der Waals surface area contributed by atoms with Gasteiger partial charge in [-0.2, -0.15) is 0 Å². The SMILES string of the molecule is CNCC(C(C)C)N1CCN(c2ccc(F)cc2)CC1. The summed E-state index contributed by atoms with van der Waals surface area (Å²) in [6.45, 7) is 9.78. The van der Waals surface area contributed by atoms with Gasteiger partial charge in [0.1, 0.15) is 5.82 Å². The predicted molar refractivity (Wildman–Crippen MR) is 82.7 cm³/mol. The summed E-state index contributed by atoms with van der Waals surface area (Å²) in [6.07, 6.45) is 0. The molecule has 1 aromatic rings. The lowest BCUT2D eigenvalue weighted by molar-refractivity contribution is 0.145. The van der Waals surface area contributed by atoms with Crippen molar-refractivity contribution in [1.29, 1.82) is 0 Å². The van der Waals surface area contributed by atoms with E-state index in [1.54, 1.807) is 12.1 Å². The number of likely N-dealkylation sites (N-methyl/N-ethyl adjacent to an activating group) is 1. The van der Waals surface area contributed by atoms with E-state index >= 15 is 0 Å². The highest BCUT2D eigenvalue weighted by Gasteiger charge is 2.25. The van der Waals surface area contributed by atoms with Crippen LogP contribution in [-0.4, -0.2) is 50.7 Å². The largest absolute Gasteiger partial charge is 0.369 e. The summed E-state index contributed by atoms with van der Waals surface area (Å²) in [5.74, 6) is 0.487. The molecule has 1 saturated heterocycles. The lowest BCUT2D eigenvalue weighted by Crippen LogP contribution is -2.54. The van der Waals surface area contributed by atoms with Crippen LogP contribution in [0.1, 0.15) is 13.8 Å². The Hall–Kier alpha value is -1.13. The van der Waals surface area contributed by atoms with Gasteiger partial charge >= 0.3 is 0 Å². The van der Waals surface area contributed by atoms with E-state index < -0.39 is 0 Å². The number of hydrogen-bond donors (Lipinski definition) is 1. The zero-order chi connectivity index (χ0) is 14.5. The van der Waals surface area contributed by atoms with Crippen molar-refractivity contribution >= 4 is 5.69 Å². The molecule has 112 valence electrons. The van der Waals surface area contributed by atoms with E-state index in [0.29, 0.717) is 12.0 Å². The first-order valence-corrected chi connectivity index (χ1v) is 7.51. The van der Waals surface area contributed by atoms with Gasteiger partial charge in [-0.25, -0.2) is 4.39 Å². The Labute approximate surface area is 121 Å². The topological polar surface area (TPSA) is 18.5 Å². The summed E-state index contributed by atoms with van der Waals surface area (Å²) in [6, 6.07) is 7.42. The Kier molecular flexibility index (Phi) is 5.38. The van der Waals surface area contributed by atoms with Crippen molar-refractivity contribution in [3.8, 4) is 0 Å². The van der Waals surface area contributed by atoms with E-state index in [-0.39, 0.29) is 5.82 Å². The average Bonchev–Trinajstić information content (AvgIpc) is 2.45. The maximum absolute atomic E-state index is 13.0. The molecular weight excluding hydrogens is 253 g/mol. The minimum Gasteiger partial charge on any atom is -0.369 e. The molecule has 4 heteroatoms. The van der Waals surface area contributed by atoms with E-state index in [9.17, 15) is 4.39 Å². The fourth-order valence-electron chi connectivity index (χ4n) is 2.96. The van der Waals surface area contributed by atoms with Gasteiger partial charge in [0.25, 0.3) is 0 Å². The highest BCUT2D eigenvalue weighted by atomic mass is 19.1. The molecule has 1 aliphatic heterocycles. The standard InChI is InChI=1S/C16H26FN3/c1-13(2)16(12-18-3)20-10-8-19(9-11-20)15-6-4-14(17)5-7-15/h4-7,13,16,18H,8-12H2,1-3H3. The molecule has 0 radical (unpaired) electrons. The van der Waals surface area contributed by atoms with Crippen molar-refractivity contribution < 1.29 is 4.39 Å². The van der Waals surface area contributed by atoms with Crippen LogP contribution in [0.15, 0.2) is 24.3 Å². The number of halogens is 1. The molecule has 20 heavy (non-hydrogen) atoms. The Morgan fingerprint density at radius 3 is 2.20 bits per heavy atom. The second-order valence-electron chi connectivity index (χ2n) is 5.87. The molecule has 1 unspecified atom stereocenters. The number of nitrogens with one attached hydrogen (secondary N) is 1. The first-order valence-electron chi connectivity index (χ1n) is 7.51. The number of benzene rings is 1. The van der Waals surface area contributed by atoms with Crippen LogP contribution in [0.3, 0.4) is 0 Å². The molecule has 0 aromatic heterocycles. The van der Waals surface area contributed by atoms with Gasteiger partial charge in [-0.05, 0) is 37.2 Å². The minimum absolute atomic E-state index is 0.165. The molecule has 3 nitrogen and oxygen atoms in total. The van der Waals surface area contributed by atoms with Crippen LogP contribution >= 0.6 is 0 Å². The van der Waals surface area contributed by atoms with E-state index in [1.165, 1.54) is 0 Å². The Morgan fingerprint density at radius 2 is 1.70 bits per heavy atom. The molecule has 1 heterocycles. The highest BCUT2D eigenvalue weighted by Crippen LogP contribution is 2.19. The van der Waals surface area contributed by atoms with Crippen molar-refractivity contribution in [2.75, 3.05) is 44.7 Å². The van der Waals surface area contributed by atoms with Gasteiger partial charge in [-0.3, -0.25) is 4.90 Å². The van der Waals surface area contributed by atoms with Crippen molar-refractivity contribution in [1.82, 2.24) is 10.2 Å². The Balaban J connectivity index is 1.92. The first-order chi connectivity index (χ1) is 9.61. The molecule has 0 bridgehead atoms. The summed E-state index contributed by atoms with van der Waals surface area (Å²) < 4.78 is 13.0. The second-order valence-corrected chi connectivity index (χ2v) is 5.87. The molecule has 1 N–H and O–H groups in total. The summed E-state index contributed by atoms with van der Waals surface area (Å²) in [5.41, 5.74) is 1.13. The van der Waals surface area contributed by atoms with Crippen LogP contribution in [0, 0.1) is 11.7 Å². The molecule has 0 spiro atoms. The summed E-state index contributed by atoms with van der Waals surface area (Å²) in [5, 5.41) is 3.30. The van der Waals surface area contributed by atoms with Gasteiger partial charge in [-0.15, -0.1) is 0 Å². The molecule has 0 saturated carbocycles. The quantitative estimate of drug-likeness (QED) is 0.891. The molecule has 1 fully saturated rings. The van der Waals surface area contributed by atoms with Gasteiger partial charge in [-0.1, -0.05) is 13.8 Å². The van der Waals surface area contributed by atoms with Crippen LogP contribution < -0.4 is 10.2 Å². The molecule has 2 rings (SSSR count). The highest BCUT2D eigenvalue weighted by molar-refractivity contribution is 5.46. The van der Waals surface area contributed by atoms with Gasteiger partial charge in [0.05, 0.1) is 0 Å². The summed E-state index contributed by atoms with van der Waals surface area (Å²) >= 11 is 0. The van der Waals surface area contributed by atoms with Crippen molar-refractivity contribution in [2.24, 2.45) is 5.92 Å². The third kappa shape index (κ3) is 3.70. The Morgan fingerprint density at radius 1 is 1.10 bits per heavy atom.